The molecule has 6 saturated carbocycles. The fourth-order valence-corrected chi connectivity index (χ4v) is 14.8. The van der Waals surface area contributed by atoms with Gasteiger partial charge in [0, 0.05) is 6.04 Å². The fourth-order valence-electron chi connectivity index (χ4n) is 14.8. The molecule has 0 aromatic heterocycles. The van der Waals surface area contributed by atoms with E-state index in [1.807, 2.05) is 0 Å². The van der Waals surface area contributed by atoms with E-state index in [2.05, 4.69) is 83.3 Å². The molecule has 0 radical (unpaired) electrons. The van der Waals surface area contributed by atoms with Crippen molar-refractivity contribution in [1.82, 2.24) is 5.32 Å². The first-order valence-electron chi connectivity index (χ1n) is 24.1. The van der Waals surface area contributed by atoms with Crippen LogP contribution in [0.2, 0.25) is 0 Å². The molecular weight excluding hydrogens is 627 g/mol. The number of allylic oxidation sites excluding steroid dienone is 6. The van der Waals surface area contributed by atoms with Crippen molar-refractivity contribution in [2.75, 3.05) is 6.54 Å². The molecule has 52 heavy (non-hydrogen) atoms. The zero-order valence-electron chi connectivity index (χ0n) is 35.5. The van der Waals surface area contributed by atoms with E-state index in [1.54, 1.807) is 19.3 Å². The van der Waals surface area contributed by atoms with Crippen LogP contribution >= 0.6 is 0 Å². The SMILES string of the molecule is C/C=C/C1CCC(C2CCC(C)C(C3CC(C4CCC(/C=C/C)CC4)C(C4CC(NCCC)CCC4C4CCC(/C=C/C)CC4)CC3CC)C2)CC1. The largest absolute Gasteiger partial charge is 0.314 e. The van der Waals surface area contributed by atoms with Crippen LogP contribution in [0.1, 0.15) is 183 Å². The Morgan fingerprint density at radius 1 is 0.442 bits per heavy atom. The third kappa shape index (κ3) is 10.1. The molecule has 0 aliphatic heterocycles. The second-order valence-electron chi connectivity index (χ2n) is 20.2. The lowest BCUT2D eigenvalue weighted by Gasteiger charge is -2.56. The van der Waals surface area contributed by atoms with Crippen LogP contribution in [-0.4, -0.2) is 12.6 Å². The Hall–Kier alpha value is -0.820. The number of rotatable bonds is 12. The van der Waals surface area contributed by atoms with Crippen LogP contribution in [0, 0.1) is 88.8 Å². The Morgan fingerprint density at radius 3 is 1.50 bits per heavy atom. The zero-order chi connectivity index (χ0) is 36.5. The van der Waals surface area contributed by atoms with Gasteiger partial charge in [-0.2, -0.15) is 0 Å². The lowest BCUT2D eigenvalue weighted by molar-refractivity contribution is -0.0594. The van der Waals surface area contributed by atoms with Crippen molar-refractivity contribution in [2.45, 2.75) is 189 Å². The van der Waals surface area contributed by atoms with Crippen LogP contribution in [0.25, 0.3) is 0 Å². The van der Waals surface area contributed by atoms with Gasteiger partial charge >= 0.3 is 0 Å². The molecular formula is C51H87N. The van der Waals surface area contributed by atoms with E-state index in [4.69, 9.17) is 0 Å². The molecule has 6 aliphatic rings. The zero-order valence-corrected chi connectivity index (χ0v) is 35.5. The highest BCUT2D eigenvalue weighted by atomic mass is 14.9. The van der Waals surface area contributed by atoms with Crippen molar-refractivity contribution < 1.29 is 0 Å². The Morgan fingerprint density at radius 2 is 0.962 bits per heavy atom. The van der Waals surface area contributed by atoms with Crippen LogP contribution in [0.4, 0.5) is 0 Å². The van der Waals surface area contributed by atoms with E-state index < -0.39 is 0 Å². The molecule has 1 nitrogen and oxygen atoms in total. The van der Waals surface area contributed by atoms with Gasteiger partial charge in [0.1, 0.15) is 0 Å². The topological polar surface area (TPSA) is 12.0 Å². The maximum atomic E-state index is 4.12. The van der Waals surface area contributed by atoms with E-state index in [-0.39, 0.29) is 0 Å². The summed E-state index contributed by atoms with van der Waals surface area (Å²) in [5.41, 5.74) is 0. The minimum absolute atomic E-state index is 0.770. The summed E-state index contributed by atoms with van der Waals surface area (Å²) in [5.74, 6) is 14.4. The number of hydrogen-bond donors (Lipinski definition) is 1. The van der Waals surface area contributed by atoms with E-state index in [9.17, 15) is 0 Å². The van der Waals surface area contributed by atoms with Gasteiger partial charge in [0.15, 0.2) is 0 Å². The van der Waals surface area contributed by atoms with Gasteiger partial charge in [-0.3, -0.25) is 0 Å². The average Bonchev–Trinajstić information content (AvgIpc) is 3.18. The van der Waals surface area contributed by atoms with Gasteiger partial charge in [-0.05, 0) is 245 Å². The average molecular weight is 714 g/mol. The summed E-state index contributed by atoms with van der Waals surface area (Å²) in [6.07, 6.45) is 47.4. The third-order valence-corrected chi connectivity index (χ3v) is 17.6. The lowest BCUT2D eigenvalue weighted by Crippen LogP contribution is -2.49. The molecule has 296 valence electrons. The standard InChI is InChI=1S/C51H87N/c1-7-12-37-16-23-41(24-17-37)44-22-15-36(6)47(33-44)48-35-49(43-27-20-39(14-9-3)21-28-43)50(32-40(48)11-5)51-34-45(52-31-10-4)29-30-46(51)42-25-18-38(13-8-2)19-26-42/h7-9,12-14,36-52H,10-11,15-35H2,1-6H3/b12-7+,13-8+,14-9+. The molecule has 6 aliphatic carbocycles. The number of nitrogens with one attached hydrogen (secondary N) is 1. The molecule has 10 unspecified atom stereocenters. The molecule has 0 saturated heterocycles. The van der Waals surface area contributed by atoms with E-state index >= 15 is 0 Å². The van der Waals surface area contributed by atoms with Crippen molar-refractivity contribution in [1.29, 1.82) is 0 Å². The first-order chi connectivity index (χ1) is 25.5. The van der Waals surface area contributed by atoms with Gasteiger partial charge in [-0.25, -0.2) is 0 Å². The van der Waals surface area contributed by atoms with Crippen molar-refractivity contribution in [3.05, 3.63) is 36.5 Å². The van der Waals surface area contributed by atoms with Gasteiger partial charge in [0.25, 0.3) is 0 Å². The molecule has 1 N–H and O–H groups in total. The Balaban J connectivity index is 1.25. The maximum Gasteiger partial charge on any atom is 0.00700 e. The van der Waals surface area contributed by atoms with Crippen LogP contribution in [0.5, 0.6) is 0 Å². The molecule has 1 heteroatoms. The summed E-state index contributed by atoms with van der Waals surface area (Å²) in [7, 11) is 0. The van der Waals surface area contributed by atoms with Gasteiger partial charge in [-0.1, -0.05) is 70.1 Å². The highest BCUT2D eigenvalue weighted by Gasteiger charge is 2.51. The highest BCUT2D eigenvalue weighted by Crippen LogP contribution is 2.59. The molecule has 10 atom stereocenters. The second-order valence-corrected chi connectivity index (χ2v) is 20.2. The smallest absolute Gasteiger partial charge is 0.00700 e. The van der Waals surface area contributed by atoms with Gasteiger partial charge < -0.3 is 5.32 Å². The number of hydrogen-bond acceptors (Lipinski definition) is 1. The fraction of sp³-hybridized carbons (Fsp3) is 0.882. The van der Waals surface area contributed by atoms with Crippen LogP contribution in [0.3, 0.4) is 0 Å². The summed E-state index contributed by atoms with van der Waals surface area (Å²) in [6, 6.07) is 0.770. The molecule has 6 fully saturated rings. The monoisotopic (exact) mass is 714 g/mol. The molecule has 0 amide bonds. The van der Waals surface area contributed by atoms with Crippen LogP contribution in [-0.2, 0) is 0 Å². The summed E-state index contributed by atoms with van der Waals surface area (Å²) in [5, 5.41) is 4.12. The Kier molecular flexibility index (Phi) is 16.0. The van der Waals surface area contributed by atoms with E-state index in [0.29, 0.717) is 0 Å². The van der Waals surface area contributed by atoms with Gasteiger partial charge in [-0.15, -0.1) is 0 Å². The minimum atomic E-state index is 0.770. The van der Waals surface area contributed by atoms with Crippen molar-refractivity contribution in [3.63, 3.8) is 0 Å². The van der Waals surface area contributed by atoms with E-state index in [1.165, 1.54) is 129 Å². The lowest BCUT2D eigenvalue weighted by atomic mass is 9.50. The van der Waals surface area contributed by atoms with Crippen LogP contribution < -0.4 is 5.32 Å². The summed E-state index contributed by atoms with van der Waals surface area (Å²) in [6.45, 7) is 15.6. The van der Waals surface area contributed by atoms with E-state index in [0.717, 1.165) is 94.8 Å². The first-order valence-corrected chi connectivity index (χ1v) is 24.1. The summed E-state index contributed by atoms with van der Waals surface area (Å²) >= 11 is 0. The normalized spacial score (nSPS) is 45.6. The van der Waals surface area contributed by atoms with Gasteiger partial charge in [0.05, 0.1) is 0 Å². The highest BCUT2D eigenvalue weighted by molar-refractivity contribution is 5.03. The Bertz CT molecular complexity index is 1090. The van der Waals surface area contributed by atoms with Crippen LogP contribution in [0.15, 0.2) is 36.5 Å². The second kappa shape index (κ2) is 20.4. The molecule has 0 aromatic rings. The van der Waals surface area contributed by atoms with Gasteiger partial charge in [0.2, 0.25) is 0 Å². The molecule has 0 aromatic carbocycles. The minimum Gasteiger partial charge on any atom is -0.314 e. The van der Waals surface area contributed by atoms with Crippen molar-refractivity contribution >= 4 is 0 Å². The predicted molar refractivity (Wildman–Crippen MR) is 227 cm³/mol. The first kappa shape index (κ1) is 40.8. The quantitative estimate of drug-likeness (QED) is 0.199. The molecule has 6 rings (SSSR count). The van der Waals surface area contributed by atoms with Crippen molar-refractivity contribution in [3.8, 4) is 0 Å². The molecule has 0 bridgehead atoms. The summed E-state index contributed by atoms with van der Waals surface area (Å²) < 4.78 is 0. The molecule has 0 heterocycles. The summed E-state index contributed by atoms with van der Waals surface area (Å²) in [4.78, 5) is 0. The molecule has 0 spiro atoms. The predicted octanol–water partition coefficient (Wildman–Crippen LogP) is 14.6. The third-order valence-electron chi connectivity index (χ3n) is 17.6. The maximum absolute atomic E-state index is 4.12. The van der Waals surface area contributed by atoms with Crippen molar-refractivity contribution in [2.24, 2.45) is 88.8 Å². The Labute approximate surface area is 324 Å².